The second kappa shape index (κ2) is 7.58. The third-order valence-corrected chi connectivity index (χ3v) is 3.22. The molecule has 1 rings (SSSR count). The minimum atomic E-state index is 0.112. The van der Waals surface area contributed by atoms with Crippen molar-refractivity contribution in [3.05, 3.63) is 18.2 Å². The molecule has 1 aromatic heterocycles. The monoisotopic (exact) mass is 279 g/mol. The molecule has 0 aliphatic heterocycles. The molecule has 0 atom stereocenters. The van der Waals surface area contributed by atoms with Gasteiger partial charge in [-0.1, -0.05) is 13.8 Å². The molecule has 0 aliphatic carbocycles. The Morgan fingerprint density at radius 1 is 1.35 bits per heavy atom. The molecule has 114 valence electrons. The Labute approximate surface area is 123 Å². The fraction of sp³-hybridized carbons (Fsp3) is 0.750. The third-order valence-electron chi connectivity index (χ3n) is 3.22. The fourth-order valence-electron chi connectivity index (χ4n) is 1.86. The van der Waals surface area contributed by atoms with Crippen molar-refractivity contribution in [2.75, 3.05) is 0 Å². The van der Waals surface area contributed by atoms with Crippen LogP contribution in [0.15, 0.2) is 12.5 Å². The van der Waals surface area contributed by atoms with Crippen LogP contribution in [0.5, 0.6) is 0 Å². The summed E-state index contributed by atoms with van der Waals surface area (Å²) < 4.78 is 2.11. The standard InChI is InChI=1S/C16H29N3O/c1-13(2)15(20)8-6-7-9-19-11-14(17-12-19)10-18-16(3,4)5/h11-13,18H,6-10H2,1-5H3. The van der Waals surface area contributed by atoms with Crippen LogP contribution in [-0.4, -0.2) is 20.9 Å². The first-order chi connectivity index (χ1) is 9.28. The average Bonchev–Trinajstić information content (AvgIpc) is 2.79. The fourth-order valence-corrected chi connectivity index (χ4v) is 1.86. The summed E-state index contributed by atoms with van der Waals surface area (Å²) in [6.45, 7) is 12.1. The van der Waals surface area contributed by atoms with Gasteiger partial charge in [0, 0.05) is 37.2 Å². The second-order valence-electron chi connectivity index (χ2n) is 6.78. The zero-order chi connectivity index (χ0) is 15.2. The summed E-state index contributed by atoms with van der Waals surface area (Å²) in [5.41, 5.74) is 1.18. The lowest BCUT2D eigenvalue weighted by Gasteiger charge is -2.19. The highest BCUT2D eigenvalue weighted by atomic mass is 16.1. The smallest absolute Gasteiger partial charge is 0.135 e. The van der Waals surface area contributed by atoms with Crippen LogP contribution in [0.1, 0.15) is 59.6 Å². The van der Waals surface area contributed by atoms with Crippen molar-refractivity contribution in [2.24, 2.45) is 5.92 Å². The minimum Gasteiger partial charge on any atom is -0.337 e. The molecule has 0 saturated carbocycles. The number of hydrogen-bond donors (Lipinski definition) is 1. The van der Waals surface area contributed by atoms with Gasteiger partial charge in [0.25, 0.3) is 0 Å². The van der Waals surface area contributed by atoms with E-state index in [1.54, 1.807) is 0 Å². The van der Waals surface area contributed by atoms with Gasteiger partial charge in [-0.2, -0.15) is 0 Å². The first kappa shape index (κ1) is 16.9. The summed E-state index contributed by atoms with van der Waals surface area (Å²) in [6.07, 6.45) is 6.66. The maximum atomic E-state index is 11.5. The number of rotatable bonds is 8. The van der Waals surface area contributed by atoms with Crippen LogP contribution >= 0.6 is 0 Å². The SMILES string of the molecule is CC(C)C(=O)CCCCn1cnc(CNC(C)(C)C)c1. The van der Waals surface area contributed by atoms with E-state index in [-0.39, 0.29) is 11.5 Å². The molecule has 1 aromatic rings. The van der Waals surface area contributed by atoms with Crippen molar-refractivity contribution in [1.82, 2.24) is 14.9 Å². The lowest BCUT2D eigenvalue weighted by Crippen LogP contribution is -2.35. The molecule has 0 amide bonds. The van der Waals surface area contributed by atoms with E-state index in [0.717, 1.165) is 31.6 Å². The Hall–Kier alpha value is -1.16. The Kier molecular flexibility index (Phi) is 6.40. The number of carbonyl (C=O) groups excluding carboxylic acids is 1. The molecule has 0 unspecified atom stereocenters. The molecule has 20 heavy (non-hydrogen) atoms. The van der Waals surface area contributed by atoms with E-state index in [1.807, 2.05) is 20.2 Å². The largest absolute Gasteiger partial charge is 0.337 e. The Morgan fingerprint density at radius 3 is 2.65 bits per heavy atom. The van der Waals surface area contributed by atoms with Gasteiger partial charge < -0.3 is 9.88 Å². The molecule has 1 N–H and O–H groups in total. The Bertz CT molecular complexity index is 416. The molecule has 4 nitrogen and oxygen atoms in total. The van der Waals surface area contributed by atoms with Gasteiger partial charge in [0.05, 0.1) is 12.0 Å². The number of aryl methyl sites for hydroxylation is 1. The Balaban J connectivity index is 2.25. The number of unbranched alkanes of at least 4 members (excludes halogenated alkanes) is 1. The summed E-state index contributed by atoms with van der Waals surface area (Å²) in [6, 6.07) is 0. The van der Waals surface area contributed by atoms with Gasteiger partial charge in [-0.05, 0) is 33.6 Å². The van der Waals surface area contributed by atoms with E-state index in [9.17, 15) is 4.79 Å². The molecule has 0 aromatic carbocycles. The predicted molar refractivity (Wildman–Crippen MR) is 82.5 cm³/mol. The number of ketones is 1. The first-order valence-corrected chi connectivity index (χ1v) is 7.56. The molecule has 0 bridgehead atoms. The second-order valence-corrected chi connectivity index (χ2v) is 6.78. The molecular weight excluding hydrogens is 250 g/mol. The van der Waals surface area contributed by atoms with E-state index in [1.165, 1.54) is 0 Å². The number of imidazole rings is 1. The number of hydrogen-bond acceptors (Lipinski definition) is 3. The van der Waals surface area contributed by atoms with Crippen molar-refractivity contribution in [3.63, 3.8) is 0 Å². The molecule has 0 saturated heterocycles. The van der Waals surface area contributed by atoms with Gasteiger partial charge in [-0.15, -0.1) is 0 Å². The van der Waals surface area contributed by atoms with Crippen LogP contribution in [0.25, 0.3) is 0 Å². The van der Waals surface area contributed by atoms with Crippen LogP contribution in [0, 0.1) is 5.92 Å². The van der Waals surface area contributed by atoms with Crippen LogP contribution in [0.2, 0.25) is 0 Å². The highest BCUT2D eigenvalue weighted by molar-refractivity contribution is 5.80. The van der Waals surface area contributed by atoms with Gasteiger partial charge in [-0.25, -0.2) is 4.98 Å². The highest BCUT2D eigenvalue weighted by Crippen LogP contribution is 2.07. The highest BCUT2D eigenvalue weighted by Gasteiger charge is 2.09. The number of carbonyl (C=O) groups is 1. The van der Waals surface area contributed by atoms with Gasteiger partial charge in [-0.3, -0.25) is 4.79 Å². The molecule has 0 spiro atoms. The van der Waals surface area contributed by atoms with E-state index in [2.05, 4.69) is 41.8 Å². The van der Waals surface area contributed by atoms with Crippen LogP contribution in [-0.2, 0) is 17.9 Å². The predicted octanol–water partition coefficient (Wildman–Crippen LogP) is 3.17. The minimum absolute atomic E-state index is 0.112. The molecule has 4 heteroatoms. The quantitative estimate of drug-likeness (QED) is 0.744. The molecular formula is C16H29N3O. The van der Waals surface area contributed by atoms with Gasteiger partial charge >= 0.3 is 0 Å². The summed E-state index contributed by atoms with van der Waals surface area (Å²) in [7, 11) is 0. The van der Waals surface area contributed by atoms with E-state index in [4.69, 9.17) is 0 Å². The van der Waals surface area contributed by atoms with Crippen molar-refractivity contribution >= 4 is 5.78 Å². The van der Waals surface area contributed by atoms with E-state index >= 15 is 0 Å². The molecule has 0 fully saturated rings. The topological polar surface area (TPSA) is 46.9 Å². The van der Waals surface area contributed by atoms with Gasteiger partial charge in [0.15, 0.2) is 0 Å². The Morgan fingerprint density at radius 2 is 2.05 bits per heavy atom. The number of nitrogens with zero attached hydrogens (tertiary/aromatic N) is 2. The zero-order valence-corrected chi connectivity index (χ0v) is 13.6. The van der Waals surface area contributed by atoms with Gasteiger partial charge in [0.2, 0.25) is 0 Å². The normalized spacial score (nSPS) is 12.1. The summed E-state index contributed by atoms with van der Waals surface area (Å²) in [5, 5.41) is 3.43. The van der Waals surface area contributed by atoms with Crippen molar-refractivity contribution in [2.45, 2.75) is 72.5 Å². The van der Waals surface area contributed by atoms with E-state index < -0.39 is 0 Å². The van der Waals surface area contributed by atoms with Crippen molar-refractivity contribution < 1.29 is 4.79 Å². The molecule has 0 radical (unpaired) electrons. The summed E-state index contributed by atoms with van der Waals surface area (Å²) in [4.78, 5) is 15.9. The molecule has 1 heterocycles. The van der Waals surface area contributed by atoms with E-state index in [0.29, 0.717) is 12.2 Å². The maximum Gasteiger partial charge on any atom is 0.135 e. The van der Waals surface area contributed by atoms with Crippen LogP contribution in [0.4, 0.5) is 0 Å². The zero-order valence-electron chi connectivity index (χ0n) is 13.6. The van der Waals surface area contributed by atoms with Crippen LogP contribution in [0.3, 0.4) is 0 Å². The summed E-state index contributed by atoms with van der Waals surface area (Å²) >= 11 is 0. The van der Waals surface area contributed by atoms with Crippen LogP contribution < -0.4 is 5.32 Å². The first-order valence-electron chi connectivity index (χ1n) is 7.56. The van der Waals surface area contributed by atoms with Crippen molar-refractivity contribution in [3.8, 4) is 0 Å². The van der Waals surface area contributed by atoms with Gasteiger partial charge in [0.1, 0.15) is 5.78 Å². The average molecular weight is 279 g/mol. The lowest BCUT2D eigenvalue weighted by molar-refractivity contribution is -0.122. The van der Waals surface area contributed by atoms with Crippen molar-refractivity contribution in [1.29, 1.82) is 0 Å². The number of nitrogens with one attached hydrogen (secondary N) is 1. The maximum absolute atomic E-state index is 11.5. The third kappa shape index (κ3) is 6.85. The number of Topliss-reactive ketones (excluding diaryl/α,β-unsaturated/α-hetero) is 1. The molecule has 0 aliphatic rings. The number of aromatic nitrogens is 2. The lowest BCUT2D eigenvalue weighted by atomic mass is 10.0. The summed E-state index contributed by atoms with van der Waals surface area (Å²) in [5.74, 6) is 0.531.